The summed E-state index contributed by atoms with van der Waals surface area (Å²) in [6.45, 7) is 7.65. The zero-order chi connectivity index (χ0) is 20.9. The minimum absolute atomic E-state index is 0.0351. The molecular weight excluding hydrogens is 376 g/mol. The van der Waals surface area contributed by atoms with Gasteiger partial charge in [0.2, 0.25) is 0 Å². The number of hydrogen-bond donors (Lipinski definition) is 1. The fourth-order valence-electron chi connectivity index (χ4n) is 2.70. The number of ether oxygens (including phenoxy) is 5. The Morgan fingerprint density at radius 3 is 2.31 bits per heavy atom. The summed E-state index contributed by atoms with van der Waals surface area (Å²) in [5, 5.41) is 10.9. The summed E-state index contributed by atoms with van der Waals surface area (Å²) >= 11 is 0. The van der Waals surface area contributed by atoms with Crippen molar-refractivity contribution in [3.63, 3.8) is 0 Å². The van der Waals surface area contributed by atoms with Crippen LogP contribution in [0.2, 0.25) is 0 Å². The highest BCUT2D eigenvalue weighted by atomic mass is 16.6. The average molecular weight is 404 g/mol. The van der Waals surface area contributed by atoms with E-state index < -0.39 is 5.97 Å². The number of carbonyl (C=O) groups excluding carboxylic acids is 1. The lowest BCUT2D eigenvalue weighted by Gasteiger charge is -2.16. The van der Waals surface area contributed by atoms with E-state index in [4.69, 9.17) is 28.8 Å². The zero-order valence-electron chi connectivity index (χ0n) is 16.7. The first-order valence-corrected chi connectivity index (χ1v) is 9.51. The van der Waals surface area contributed by atoms with Crippen LogP contribution < -0.4 is 9.47 Å². The first kappa shape index (κ1) is 22.7. The van der Waals surface area contributed by atoms with Crippen molar-refractivity contribution in [2.45, 2.75) is 6.92 Å². The zero-order valence-corrected chi connectivity index (χ0v) is 16.7. The molecule has 0 heterocycles. The number of aliphatic hydroxyl groups excluding tert-OH is 1. The summed E-state index contributed by atoms with van der Waals surface area (Å²) in [7, 11) is 0. The Labute approximate surface area is 170 Å². The van der Waals surface area contributed by atoms with Gasteiger partial charge in [0.25, 0.3) is 0 Å². The van der Waals surface area contributed by atoms with E-state index in [1.165, 1.54) is 0 Å². The Balaban J connectivity index is 1.75. The van der Waals surface area contributed by atoms with Crippen LogP contribution in [0.25, 0.3) is 10.8 Å². The molecule has 2 aromatic carbocycles. The Bertz CT molecular complexity index is 788. The Kier molecular flexibility index (Phi) is 9.99. The van der Waals surface area contributed by atoms with Gasteiger partial charge in [-0.15, -0.1) is 0 Å². The first-order chi connectivity index (χ1) is 14.2. The number of benzene rings is 2. The van der Waals surface area contributed by atoms with Crippen molar-refractivity contribution in [3.8, 4) is 11.5 Å². The number of hydrogen-bond acceptors (Lipinski definition) is 7. The maximum atomic E-state index is 10.9. The molecular formula is C22H28O7. The van der Waals surface area contributed by atoms with Crippen molar-refractivity contribution in [1.29, 1.82) is 0 Å². The van der Waals surface area contributed by atoms with Crippen LogP contribution >= 0.6 is 0 Å². The smallest absolute Gasteiger partial charge is 0.330 e. The summed E-state index contributed by atoms with van der Waals surface area (Å²) in [5.41, 5.74) is 0.953. The second-order valence-electron chi connectivity index (χ2n) is 6.08. The monoisotopic (exact) mass is 404 g/mol. The molecule has 0 aromatic heterocycles. The second kappa shape index (κ2) is 12.8. The van der Waals surface area contributed by atoms with Gasteiger partial charge in [-0.05, 0) is 18.6 Å². The van der Waals surface area contributed by atoms with Crippen molar-refractivity contribution in [3.05, 3.63) is 48.6 Å². The summed E-state index contributed by atoms with van der Waals surface area (Å²) < 4.78 is 27.2. The summed E-state index contributed by atoms with van der Waals surface area (Å²) in [4.78, 5) is 10.9. The highest BCUT2D eigenvalue weighted by molar-refractivity contribution is 5.94. The number of aliphatic hydroxyl groups is 1. The molecule has 0 aliphatic carbocycles. The highest BCUT2D eigenvalue weighted by Crippen LogP contribution is 2.36. The molecule has 0 spiro atoms. The lowest BCUT2D eigenvalue weighted by atomic mass is 10.0. The van der Waals surface area contributed by atoms with E-state index in [1.54, 1.807) is 0 Å². The molecule has 0 unspecified atom stereocenters. The van der Waals surface area contributed by atoms with Gasteiger partial charge in [0.15, 0.2) is 0 Å². The van der Waals surface area contributed by atoms with Crippen LogP contribution in [0.1, 0.15) is 5.56 Å². The summed E-state index contributed by atoms with van der Waals surface area (Å²) in [6.07, 6.45) is 1.11. The molecule has 2 aromatic rings. The largest absolute Gasteiger partial charge is 0.491 e. The maximum absolute atomic E-state index is 10.9. The SMILES string of the molecule is C=CC(=O)OCCOCCOCCOc1c(C)cc(OCCO)c2ccccc12. The quantitative estimate of drug-likeness (QED) is 0.294. The molecule has 29 heavy (non-hydrogen) atoms. The molecule has 7 nitrogen and oxygen atoms in total. The van der Waals surface area contributed by atoms with Gasteiger partial charge in [0, 0.05) is 16.8 Å². The van der Waals surface area contributed by atoms with Crippen molar-refractivity contribution in [1.82, 2.24) is 0 Å². The third-order valence-electron chi connectivity index (χ3n) is 3.98. The fourth-order valence-corrected chi connectivity index (χ4v) is 2.70. The number of aryl methyl sites for hydroxylation is 1. The van der Waals surface area contributed by atoms with E-state index in [2.05, 4.69) is 6.58 Å². The molecule has 0 saturated carbocycles. The molecule has 0 saturated heterocycles. The Hall–Kier alpha value is -2.61. The number of esters is 1. The molecule has 2 rings (SSSR count). The third-order valence-corrected chi connectivity index (χ3v) is 3.98. The molecule has 158 valence electrons. The first-order valence-electron chi connectivity index (χ1n) is 9.51. The summed E-state index contributed by atoms with van der Waals surface area (Å²) in [6, 6.07) is 9.76. The number of rotatable bonds is 14. The van der Waals surface area contributed by atoms with Gasteiger partial charge in [-0.25, -0.2) is 4.79 Å². The molecule has 0 amide bonds. The third kappa shape index (κ3) is 7.38. The molecule has 7 heteroatoms. The van der Waals surface area contributed by atoms with E-state index in [1.807, 2.05) is 37.3 Å². The molecule has 0 aliphatic heterocycles. The van der Waals surface area contributed by atoms with Gasteiger partial charge in [-0.1, -0.05) is 30.8 Å². The van der Waals surface area contributed by atoms with Crippen molar-refractivity contribution in [2.75, 3.05) is 52.9 Å². The molecule has 0 atom stereocenters. The van der Waals surface area contributed by atoms with Crippen LogP contribution in [-0.2, 0) is 19.0 Å². The van der Waals surface area contributed by atoms with Crippen LogP contribution in [0.4, 0.5) is 0 Å². The second-order valence-corrected chi connectivity index (χ2v) is 6.08. The Morgan fingerprint density at radius 2 is 1.62 bits per heavy atom. The molecule has 1 N–H and O–H groups in total. The van der Waals surface area contributed by atoms with Crippen molar-refractivity contribution in [2.24, 2.45) is 0 Å². The molecule has 0 fully saturated rings. The molecule has 0 aliphatic rings. The van der Waals surface area contributed by atoms with Gasteiger partial charge in [0.1, 0.15) is 31.3 Å². The maximum Gasteiger partial charge on any atom is 0.330 e. The van der Waals surface area contributed by atoms with E-state index in [-0.39, 0.29) is 19.8 Å². The number of carbonyl (C=O) groups is 1. The van der Waals surface area contributed by atoms with Gasteiger partial charge in [0.05, 0.1) is 33.0 Å². The van der Waals surface area contributed by atoms with Crippen LogP contribution in [0.15, 0.2) is 43.0 Å². The molecule has 0 radical (unpaired) electrons. The van der Waals surface area contributed by atoms with Gasteiger partial charge in [-0.3, -0.25) is 0 Å². The van der Waals surface area contributed by atoms with E-state index >= 15 is 0 Å². The number of fused-ring (bicyclic) bond motifs is 1. The lowest BCUT2D eigenvalue weighted by molar-refractivity contribution is -0.139. The summed E-state index contributed by atoms with van der Waals surface area (Å²) in [5.74, 6) is 1.06. The predicted molar refractivity (Wildman–Crippen MR) is 110 cm³/mol. The predicted octanol–water partition coefficient (Wildman–Crippen LogP) is 2.66. The van der Waals surface area contributed by atoms with Crippen molar-refractivity contribution >= 4 is 16.7 Å². The topological polar surface area (TPSA) is 83.5 Å². The minimum atomic E-state index is -0.460. The van der Waals surface area contributed by atoms with Gasteiger partial charge >= 0.3 is 5.97 Å². The van der Waals surface area contributed by atoms with Crippen LogP contribution in [0.5, 0.6) is 11.5 Å². The normalized spacial score (nSPS) is 10.7. The molecule has 0 bridgehead atoms. The van der Waals surface area contributed by atoms with Gasteiger partial charge in [-0.2, -0.15) is 0 Å². The van der Waals surface area contributed by atoms with Crippen LogP contribution in [0, 0.1) is 6.92 Å². The average Bonchev–Trinajstić information content (AvgIpc) is 2.74. The van der Waals surface area contributed by atoms with Gasteiger partial charge < -0.3 is 28.8 Å². The van der Waals surface area contributed by atoms with Crippen LogP contribution in [0.3, 0.4) is 0 Å². The van der Waals surface area contributed by atoms with Crippen LogP contribution in [-0.4, -0.2) is 63.9 Å². The Morgan fingerprint density at radius 1 is 0.966 bits per heavy atom. The standard InChI is InChI=1S/C22H28O7/c1-3-21(24)28-14-12-25-10-11-26-13-15-29-22-17(2)16-20(27-9-8-23)18-6-4-5-7-19(18)22/h3-7,16,23H,1,8-15H2,2H3. The van der Waals surface area contributed by atoms with E-state index in [0.29, 0.717) is 33.0 Å². The fraction of sp³-hybridized carbons (Fsp3) is 0.409. The van der Waals surface area contributed by atoms with Crippen molar-refractivity contribution < 1.29 is 33.6 Å². The van der Waals surface area contributed by atoms with E-state index in [9.17, 15) is 4.79 Å². The van der Waals surface area contributed by atoms with E-state index in [0.717, 1.165) is 33.9 Å². The minimum Gasteiger partial charge on any atom is -0.491 e. The highest BCUT2D eigenvalue weighted by Gasteiger charge is 2.11. The lowest BCUT2D eigenvalue weighted by Crippen LogP contribution is -2.14.